The quantitative estimate of drug-likeness (QED) is 0.775. The number of fused-ring (bicyclic) bond motifs is 3. The van der Waals surface area contributed by atoms with Crippen molar-refractivity contribution in [2.24, 2.45) is 5.92 Å². The van der Waals surface area contributed by atoms with Crippen LogP contribution in [0.1, 0.15) is 45.6 Å². The van der Waals surface area contributed by atoms with Gasteiger partial charge in [0.2, 0.25) is 0 Å². The van der Waals surface area contributed by atoms with Crippen molar-refractivity contribution in [2.75, 3.05) is 12.0 Å². The Hall–Kier alpha value is -2.10. The SMILES string of the molecule is CO[C@@]1(C)C[C@@H](C#N)C2c3ccccc3N(C(=O)OC(C)(C)C)C2O1. The molecule has 2 unspecified atom stereocenters. The number of benzene rings is 1. The highest BCUT2D eigenvalue weighted by Gasteiger charge is 2.54. The Morgan fingerprint density at radius 2 is 2.08 bits per heavy atom. The van der Waals surface area contributed by atoms with Gasteiger partial charge in [0.25, 0.3) is 0 Å². The largest absolute Gasteiger partial charge is 0.443 e. The van der Waals surface area contributed by atoms with Crippen LogP contribution in [0.4, 0.5) is 10.5 Å². The van der Waals surface area contributed by atoms with Gasteiger partial charge in [-0.3, -0.25) is 4.90 Å². The van der Waals surface area contributed by atoms with E-state index in [1.165, 1.54) is 4.90 Å². The molecule has 0 spiro atoms. The summed E-state index contributed by atoms with van der Waals surface area (Å²) in [4.78, 5) is 14.4. The Bertz CT molecular complexity index is 721. The Balaban J connectivity index is 2.06. The Kier molecular flexibility index (Phi) is 4.26. The van der Waals surface area contributed by atoms with Crippen molar-refractivity contribution in [3.05, 3.63) is 29.8 Å². The molecule has 1 aromatic carbocycles. The molecular weight excluding hydrogens is 320 g/mol. The lowest BCUT2D eigenvalue weighted by atomic mass is 9.81. The van der Waals surface area contributed by atoms with Gasteiger partial charge in [-0.25, -0.2) is 4.79 Å². The molecule has 0 aromatic heterocycles. The van der Waals surface area contributed by atoms with Crippen LogP contribution >= 0.6 is 0 Å². The molecule has 0 bridgehead atoms. The van der Waals surface area contributed by atoms with Gasteiger partial charge in [0, 0.05) is 19.4 Å². The Morgan fingerprint density at radius 1 is 1.40 bits per heavy atom. The van der Waals surface area contributed by atoms with Crippen molar-refractivity contribution in [3.63, 3.8) is 0 Å². The maximum absolute atomic E-state index is 12.9. The first-order chi connectivity index (χ1) is 11.7. The van der Waals surface area contributed by atoms with E-state index in [4.69, 9.17) is 14.2 Å². The molecule has 4 atom stereocenters. The predicted octanol–water partition coefficient (Wildman–Crippen LogP) is 3.77. The molecule has 0 saturated carbocycles. The van der Waals surface area contributed by atoms with Crippen LogP contribution < -0.4 is 4.90 Å². The lowest BCUT2D eigenvalue weighted by molar-refractivity contribution is -0.266. The summed E-state index contributed by atoms with van der Waals surface area (Å²) in [7, 11) is 1.55. The molecule has 2 heterocycles. The predicted molar refractivity (Wildman–Crippen MR) is 91.9 cm³/mol. The summed E-state index contributed by atoms with van der Waals surface area (Å²) < 4.78 is 17.2. The zero-order chi connectivity index (χ0) is 18.4. The lowest BCUT2D eigenvalue weighted by Gasteiger charge is -2.43. The lowest BCUT2D eigenvalue weighted by Crippen LogP contribution is -2.53. The van der Waals surface area contributed by atoms with E-state index in [0.29, 0.717) is 6.42 Å². The molecule has 6 heteroatoms. The van der Waals surface area contributed by atoms with Gasteiger partial charge in [-0.1, -0.05) is 18.2 Å². The van der Waals surface area contributed by atoms with E-state index in [1.54, 1.807) is 14.0 Å². The number of carbonyl (C=O) groups excluding carboxylic acids is 1. The van der Waals surface area contributed by atoms with Gasteiger partial charge in [0.15, 0.2) is 12.0 Å². The number of amides is 1. The molecule has 0 radical (unpaired) electrons. The molecule has 134 valence electrons. The molecule has 0 aliphatic carbocycles. The number of nitrogens with zero attached hydrogens (tertiary/aromatic N) is 2. The van der Waals surface area contributed by atoms with Crippen LogP contribution in [-0.2, 0) is 14.2 Å². The van der Waals surface area contributed by atoms with E-state index < -0.39 is 23.7 Å². The zero-order valence-electron chi connectivity index (χ0n) is 15.3. The van der Waals surface area contributed by atoms with E-state index in [9.17, 15) is 10.1 Å². The second kappa shape index (κ2) is 6.01. The fraction of sp³-hybridized carbons (Fsp3) is 0.579. The number of anilines is 1. The number of para-hydroxylation sites is 1. The average Bonchev–Trinajstić information content (AvgIpc) is 2.86. The number of nitriles is 1. The average molecular weight is 344 g/mol. The van der Waals surface area contributed by atoms with Crippen molar-refractivity contribution in [2.45, 2.75) is 57.6 Å². The third-order valence-corrected chi connectivity index (χ3v) is 4.70. The summed E-state index contributed by atoms with van der Waals surface area (Å²) in [5.41, 5.74) is 1.04. The second-order valence-corrected chi connectivity index (χ2v) is 7.72. The Morgan fingerprint density at radius 3 is 2.68 bits per heavy atom. The van der Waals surface area contributed by atoms with Gasteiger partial charge in [0.1, 0.15) is 5.60 Å². The first kappa shape index (κ1) is 17.7. The van der Waals surface area contributed by atoms with Crippen LogP contribution in [0.5, 0.6) is 0 Å². The minimum absolute atomic E-state index is 0.225. The summed E-state index contributed by atoms with van der Waals surface area (Å²) in [6.45, 7) is 7.26. The van der Waals surface area contributed by atoms with Gasteiger partial charge in [-0.2, -0.15) is 5.26 Å². The molecule has 2 aliphatic heterocycles. The highest BCUT2D eigenvalue weighted by molar-refractivity contribution is 5.92. The van der Waals surface area contributed by atoms with Crippen molar-refractivity contribution in [1.29, 1.82) is 5.26 Å². The monoisotopic (exact) mass is 344 g/mol. The third-order valence-electron chi connectivity index (χ3n) is 4.70. The van der Waals surface area contributed by atoms with Crippen LogP contribution in [0.3, 0.4) is 0 Å². The number of methoxy groups -OCH3 is 1. The van der Waals surface area contributed by atoms with Gasteiger partial charge in [-0.15, -0.1) is 0 Å². The van der Waals surface area contributed by atoms with E-state index in [1.807, 2.05) is 45.0 Å². The molecule has 1 saturated heterocycles. The molecule has 1 aromatic rings. The second-order valence-electron chi connectivity index (χ2n) is 7.72. The fourth-order valence-electron chi connectivity index (χ4n) is 3.58. The van der Waals surface area contributed by atoms with Gasteiger partial charge in [-0.05, 0) is 39.3 Å². The van der Waals surface area contributed by atoms with E-state index >= 15 is 0 Å². The summed E-state index contributed by atoms with van der Waals surface area (Å²) >= 11 is 0. The van der Waals surface area contributed by atoms with Crippen LogP contribution in [0.25, 0.3) is 0 Å². The minimum atomic E-state index is -0.927. The van der Waals surface area contributed by atoms with Gasteiger partial charge in [0.05, 0.1) is 17.7 Å². The zero-order valence-corrected chi connectivity index (χ0v) is 15.3. The van der Waals surface area contributed by atoms with E-state index in [-0.39, 0.29) is 11.8 Å². The molecular formula is C19H24N2O4. The summed E-state index contributed by atoms with van der Waals surface area (Å²) in [6, 6.07) is 9.96. The molecule has 1 amide bonds. The highest BCUT2D eigenvalue weighted by atomic mass is 16.7. The molecule has 2 aliphatic rings. The normalized spacial score (nSPS) is 31.0. The van der Waals surface area contributed by atoms with Crippen molar-refractivity contribution in [3.8, 4) is 6.07 Å². The van der Waals surface area contributed by atoms with Crippen LogP contribution in [-0.4, -0.2) is 30.8 Å². The van der Waals surface area contributed by atoms with E-state index in [0.717, 1.165) is 11.3 Å². The Labute approximate surface area is 148 Å². The smallest absolute Gasteiger partial charge is 0.416 e. The first-order valence-electron chi connectivity index (χ1n) is 8.43. The molecule has 0 N–H and O–H groups in total. The third kappa shape index (κ3) is 3.10. The molecule has 6 nitrogen and oxygen atoms in total. The summed E-state index contributed by atoms with van der Waals surface area (Å²) in [5, 5.41) is 9.71. The van der Waals surface area contributed by atoms with E-state index in [2.05, 4.69) is 6.07 Å². The topological polar surface area (TPSA) is 71.8 Å². The summed E-state index contributed by atoms with van der Waals surface area (Å²) in [6.07, 6.45) is -0.669. The van der Waals surface area contributed by atoms with Crippen LogP contribution in [0.15, 0.2) is 24.3 Å². The van der Waals surface area contributed by atoms with Crippen LogP contribution in [0, 0.1) is 17.2 Å². The number of hydrogen-bond donors (Lipinski definition) is 0. The maximum atomic E-state index is 12.9. The molecule has 3 rings (SSSR count). The fourth-order valence-corrected chi connectivity index (χ4v) is 3.58. The van der Waals surface area contributed by atoms with Crippen molar-refractivity contribution >= 4 is 11.8 Å². The minimum Gasteiger partial charge on any atom is -0.443 e. The first-order valence-corrected chi connectivity index (χ1v) is 8.43. The molecule has 1 fully saturated rings. The molecule has 25 heavy (non-hydrogen) atoms. The van der Waals surface area contributed by atoms with Gasteiger partial charge < -0.3 is 14.2 Å². The highest BCUT2D eigenvalue weighted by Crippen LogP contribution is 2.52. The van der Waals surface area contributed by atoms with Crippen molar-refractivity contribution < 1.29 is 19.0 Å². The van der Waals surface area contributed by atoms with Crippen molar-refractivity contribution in [1.82, 2.24) is 0 Å². The maximum Gasteiger partial charge on any atom is 0.416 e. The van der Waals surface area contributed by atoms with Gasteiger partial charge >= 0.3 is 6.09 Å². The number of carbonyl (C=O) groups is 1. The summed E-state index contributed by atoms with van der Waals surface area (Å²) in [5.74, 6) is -1.47. The number of ether oxygens (including phenoxy) is 3. The number of hydrogen-bond acceptors (Lipinski definition) is 5. The standard InChI is InChI=1S/C19H24N2O4/c1-18(2,3)25-17(22)21-14-9-7-6-8-13(14)15-12(11-20)10-19(4,23-5)24-16(15)21/h6-9,12,15-16H,10H2,1-5H3/t12-,15?,16?,19+/m0/s1. The van der Waals surface area contributed by atoms with Crippen LogP contribution in [0.2, 0.25) is 0 Å². The number of rotatable bonds is 1.